The fourth-order valence-corrected chi connectivity index (χ4v) is 1.93. The third-order valence-electron chi connectivity index (χ3n) is 2.78. The van der Waals surface area contributed by atoms with E-state index in [1.807, 2.05) is 0 Å². The number of benzene rings is 1. The molecule has 3 nitrogen and oxygen atoms in total. The van der Waals surface area contributed by atoms with Crippen molar-refractivity contribution in [2.24, 2.45) is 0 Å². The molecule has 3 heteroatoms. The lowest BCUT2D eigenvalue weighted by Crippen LogP contribution is -2.19. The van der Waals surface area contributed by atoms with E-state index in [9.17, 15) is 0 Å². The number of hydrogen-bond donors (Lipinski definition) is 1. The summed E-state index contributed by atoms with van der Waals surface area (Å²) >= 11 is 0. The van der Waals surface area contributed by atoms with Crippen molar-refractivity contribution >= 4 is 5.69 Å². The molecule has 1 aliphatic rings. The molecular formula is C14H21NO2. The van der Waals surface area contributed by atoms with Gasteiger partial charge in [-0.2, -0.15) is 0 Å². The van der Waals surface area contributed by atoms with Gasteiger partial charge in [0, 0.05) is 6.04 Å². The summed E-state index contributed by atoms with van der Waals surface area (Å²) in [6, 6.07) is 4.63. The Labute approximate surface area is 103 Å². The molecule has 0 bridgehead atoms. The van der Waals surface area contributed by atoms with Crippen molar-refractivity contribution in [1.82, 2.24) is 0 Å². The first kappa shape index (κ1) is 12.1. The second-order valence-corrected chi connectivity index (χ2v) is 5.05. The van der Waals surface area contributed by atoms with E-state index >= 15 is 0 Å². The number of rotatable bonds is 3. The van der Waals surface area contributed by atoms with Crippen molar-refractivity contribution in [3.05, 3.63) is 17.7 Å². The highest BCUT2D eigenvalue weighted by Gasteiger charge is 2.18. The van der Waals surface area contributed by atoms with E-state index in [2.05, 4.69) is 45.1 Å². The highest BCUT2D eigenvalue weighted by atomic mass is 16.6. The van der Waals surface area contributed by atoms with Gasteiger partial charge in [-0.3, -0.25) is 0 Å². The molecule has 1 aromatic rings. The number of anilines is 1. The molecule has 0 atom stereocenters. The molecule has 0 radical (unpaired) electrons. The van der Waals surface area contributed by atoms with E-state index in [1.54, 1.807) is 0 Å². The molecule has 0 spiro atoms. The van der Waals surface area contributed by atoms with E-state index in [0.717, 1.165) is 17.2 Å². The van der Waals surface area contributed by atoms with Gasteiger partial charge >= 0.3 is 0 Å². The third kappa shape index (κ3) is 2.65. The van der Waals surface area contributed by atoms with Gasteiger partial charge in [-0.25, -0.2) is 0 Å². The van der Waals surface area contributed by atoms with Gasteiger partial charge in [0.15, 0.2) is 11.5 Å². The molecule has 0 saturated carbocycles. The van der Waals surface area contributed by atoms with Gasteiger partial charge in [0.05, 0.1) is 5.69 Å². The smallest absolute Gasteiger partial charge is 0.184 e. The first-order chi connectivity index (χ1) is 8.08. The van der Waals surface area contributed by atoms with E-state index < -0.39 is 0 Å². The molecular weight excluding hydrogens is 214 g/mol. The lowest BCUT2D eigenvalue weighted by Gasteiger charge is -2.24. The number of hydrogen-bond acceptors (Lipinski definition) is 3. The summed E-state index contributed by atoms with van der Waals surface area (Å²) in [6.07, 6.45) is 0. The topological polar surface area (TPSA) is 30.5 Å². The van der Waals surface area contributed by atoms with Crippen LogP contribution in [0.5, 0.6) is 11.5 Å². The molecule has 1 heterocycles. The largest absolute Gasteiger partial charge is 0.486 e. The minimum atomic E-state index is 0.382. The van der Waals surface area contributed by atoms with Crippen LogP contribution in [0, 0.1) is 0 Å². The summed E-state index contributed by atoms with van der Waals surface area (Å²) in [6.45, 7) is 9.88. The van der Waals surface area contributed by atoms with Crippen molar-refractivity contribution in [1.29, 1.82) is 0 Å². The first-order valence-corrected chi connectivity index (χ1v) is 6.28. The summed E-state index contributed by atoms with van der Waals surface area (Å²) in [5, 5.41) is 3.42. The fourth-order valence-electron chi connectivity index (χ4n) is 1.93. The zero-order chi connectivity index (χ0) is 12.4. The summed E-state index contributed by atoms with van der Waals surface area (Å²) in [5.74, 6) is 2.21. The van der Waals surface area contributed by atoms with Crippen molar-refractivity contribution in [3.8, 4) is 11.5 Å². The van der Waals surface area contributed by atoms with Gasteiger partial charge < -0.3 is 14.8 Å². The average molecular weight is 235 g/mol. The molecule has 0 amide bonds. The van der Waals surface area contributed by atoms with Crippen LogP contribution in [0.4, 0.5) is 5.69 Å². The summed E-state index contributed by atoms with van der Waals surface area (Å²) in [5.41, 5.74) is 2.32. The molecule has 1 N–H and O–H groups in total. The maximum atomic E-state index is 5.70. The molecule has 94 valence electrons. The third-order valence-corrected chi connectivity index (χ3v) is 2.78. The fraction of sp³-hybridized carbons (Fsp3) is 0.571. The maximum absolute atomic E-state index is 5.70. The Bertz CT molecular complexity index is 399. The minimum Gasteiger partial charge on any atom is -0.486 e. The zero-order valence-electron chi connectivity index (χ0n) is 11.0. The zero-order valence-corrected chi connectivity index (χ0v) is 11.0. The molecule has 0 aromatic heterocycles. The first-order valence-electron chi connectivity index (χ1n) is 6.28. The van der Waals surface area contributed by atoms with Crippen molar-refractivity contribution in [3.63, 3.8) is 0 Å². The highest BCUT2D eigenvalue weighted by Crippen LogP contribution is 2.40. The van der Waals surface area contributed by atoms with E-state index in [4.69, 9.17) is 9.47 Å². The molecule has 17 heavy (non-hydrogen) atoms. The quantitative estimate of drug-likeness (QED) is 0.871. The van der Waals surface area contributed by atoms with Gasteiger partial charge in [0.1, 0.15) is 13.2 Å². The van der Waals surface area contributed by atoms with Gasteiger partial charge in [-0.1, -0.05) is 13.8 Å². The molecule has 0 unspecified atom stereocenters. The maximum Gasteiger partial charge on any atom is 0.184 e. The second kappa shape index (κ2) is 4.86. The molecule has 1 aromatic carbocycles. The van der Waals surface area contributed by atoms with Crippen LogP contribution in [0.15, 0.2) is 12.1 Å². The number of ether oxygens (including phenoxy) is 2. The lowest BCUT2D eigenvalue weighted by atomic mass is 10.0. The summed E-state index contributed by atoms with van der Waals surface area (Å²) < 4.78 is 11.4. The Morgan fingerprint density at radius 1 is 1.06 bits per heavy atom. The van der Waals surface area contributed by atoms with E-state index in [-0.39, 0.29) is 0 Å². The van der Waals surface area contributed by atoms with Crippen LogP contribution in [0.2, 0.25) is 0 Å². The SMILES string of the molecule is CC(C)Nc1cc(C(C)C)cc2c1OCCO2. The Morgan fingerprint density at radius 2 is 1.76 bits per heavy atom. The molecule has 2 rings (SSSR count). The standard InChI is InChI=1S/C14H21NO2/c1-9(2)11-7-12(15-10(3)4)14-13(8-11)16-5-6-17-14/h7-10,15H,5-6H2,1-4H3. The monoisotopic (exact) mass is 235 g/mol. The summed E-state index contributed by atoms with van der Waals surface area (Å²) in [7, 11) is 0. The molecule has 0 fully saturated rings. The van der Waals surface area contributed by atoms with Gasteiger partial charge in [-0.15, -0.1) is 0 Å². The predicted molar refractivity (Wildman–Crippen MR) is 70.3 cm³/mol. The molecule has 0 saturated heterocycles. The van der Waals surface area contributed by atoms with Gasteiger partial charge in [-0.05, 0) is 37.5 Å². The average Bonchev–Trinajstić information content (AvgIpc) is 2.28. The van der Waals surface area contributed by atoms with Crippen LogP contribution < -0.4 is 14.8 Å². The van der Waals surface area contributed by atoms with Crippen LogP contribution in [0.3, 0.4) is 0 Å². The number of fused-ring (bicyclic) bond motifs is 1. The van der Waals surface area contributed by atoms with Crippen molar-refractivity contribution < 1.29 is 9.47 Å². The minimum absolute atomic E-state index is 0.382. The number of nitrogens with one attached hydrogen (secondary N) is 1. The van der Waals surface area contributed by atoms with Crippen LogP contribution in [-0.2, 0) is 0 Å². The van der Waals surface area contributed by atoms with Crippen molar-refractivity contribution in [2.75, 3.05) is 18.5 Å². The second-order valence-electron chi connectivity index (χ2n) is 5.05. The van der Waals surface area contributed by atoms with Gasteiger partial charge in [0.25, 0.3) is 0 Å². The highest BCUT2D eigenvalue weighted by molar-refractivity contribution is 5.66. The van der Waals surface area contributed by atoms with Crippen LogP contribution in [0.25, 0.3) is 0 Å². The Balaban J connectivity index is 2.42. The Kier molecular flexibility index (Phi) is 3.46. The normalized spacial score (nSPS) is 14.2. The van der Waals surface area contributed by atoms with Crippen LogP contribution >= 0.6 is 0 Å². The molecule has 0 aliphatic carbocycles. The predicted octanol–water partition coefficient (Wildman–Crippen LogP) is 3.40. The lowest BCUT2D eigenvalue weighted by molar-refractivity contribution is 0.172. The van der Waals surface area contributed by atoms with Crippen LogP contribution in [-0.4, -0.2) is 19.3 Å². The molecule has 1 aliphatic heterocycles. The van der Waals surface area contributed by atoms with E-state index in [1.165, 1.54) is 5.56 Å². The van der Waals surface area contributed by atoms with Gasteiger partial charge in [0.2, 0.25) is 0 Å². The Hall–Kier alpha value is -1.38. The Morgan fingerprint density at radius 3 is 2.41 bits per heavy atom. The van der Waals surface area contributed by atoms with Crippen molar-refractivity contribution in [2.45, 2.75) is 39.7 Å². The van der Waals surface area contributed by atoms with Crippen LogP contribution in [0.1, 0.15) is 39.2 Å². The van der Waals surface area contributed by atoms with E-state index in [0.29, 0.717) is 25.2 Å². The summed E-state index contributed by atoms with van der Waals surface area (Å²) in [4.78, 5) is 0.